The van der Waals surface area contributed by atoms with Gasteiger partial charge in [0.05, 0.1) is 23.8 Å². The van der Waals surface area contributed by atoms with Crippen molar-refractivity contribution in [2.75, 3.05) is 12.4 Å². The summed E-state index contributed by atoms with van der Waals surface area (Å²) >= 11 is 0. The number of nitro benzene ring substituents is 1. The summed E-state index contributed by atoms with van der Waals surface area (Å²) in [5.74, 6) is 0.0591. The highest BCUT2D eigenvalue weighted by atomic mass is 16.6. The second kappa shape index (κ2) is 8.25. The van der Waals surface area contributed by atoms with Gasteiger partial charge in [-0.05, 0) is 25.5 Å². The molecular weight excluding hydrogens is 322 g/mol. The van der Waals surface area contributed by atoms with Gasteiger partial charge in [-0.3, -0.25) is 20.2 Å². The Morgan fingerprint density at radius 3 is 2.44 bits per heavy atom. The first-order valence-electron chi connectivity index (χ1n) is 7.86. The SMILES string of the molecule is COc1ccc([N+](=O)[O-])cc1NC(=O)[C@H](C)N[C@@H](C)c1ccccc1. The van der Waals surface area contributed by atoms with Crippen LogP contribution in [0.5, 0.6) is 5.75 Å². The minimum Gasteiger partial charge on any atom is -0.495 e. The molecule has 0 radical (unpaired) electrons. The highest BCUT2D eigenvalue weighted by Gasteiger charge is 2.19. The summed E-state index contributed by atoms with van der Waals surface area (Å²) in [6, 6.07) is 13.3. The molecule has 1 amide bonds. The maximum atomic E-state index is 12.4. The summed E-state index contributed by atoms with van der Waals surface area (Å²) in [6.45, 7) is 3.70. The van der Waals surface area contributed by atoms with E-state index in [4.69, 9.17) is 4.74 Å². The lowest BCUT2D eigenvalue weighted by Gasteiger charge is -2.20. The second-order valence-electron chi connectivity index (χ2n) is 5.65. The molecule has 2 aromatic rings. The first-order chi connectivity index (χ1) is 11.9. The lowest BCUT2D eigenvalue weighted by atomic mass is 10.1. The quantitative estimate of drug-likeness (QED) is 0.594. The van der Waals surface area contributed by atoms with Gasteiger partial charge in [0.1, 0.15) is 5.75 Å². The number of carbonyl (C=O) groups excluding carboxylic acids is 1. The number of carbonyl (C=O) groups is 1. The molecule has 0 saturated carbocycles. The van der Waals surface area contributed by atoms with Crippen molar-refractivity contribution in [1.29, 1.82) is 0 Å². The highest BCUT2D eigenvalue weighted by molar-refractivity contribution is 5.96. The Labute approximate surface area is 146 Å². The second-order valence-corrected chi connectivity index (χ2v) is 5.65. The molecule has 0 saturated heterocycles. The van der Waals surface area contributed by atoms with Gasteiger partial charge >= 0.3 is 0 Å². The number of nitrogens with one attached hydrogen (secondary N) is 2. The molecule has 2 N–H and O–H groups in total. The van der Waals surface area contributed by atoms with Gasteiger partial charge in [-0.15, -0.1) is 0 Å². The number of methoxy groups -OCH3 is 1. The first kappa shape index (κ1) is 18.4. The van der Waals surface area contributed by atoms with Gasteiger partial charge < -0.3 is 10.1 Å². The molecule has 2 atom stereocenters. The van der Waals surface area contributed by atoms with Gasteiger partial charge in [-0.2, -0.15) is 0 Å². The molecule has 7 nitrogen and oxygen atoms in total. The van der Waals surface area contributed by atoms with Crippen molar-refractivity contribution in [2.24, 2.45) is 0 Å². The van der Waals surface area contributed by atoms with Crippen LogP contribution in [0.3, 0.4) is 0 Å². The summed E-state index contributed by atoms with van der Waals surface area (Å²) in [5, 5.41) is 16.8. The van der Waals surface area contributed by atoms with Crippen LogP contribution in [-0.2, 0) is 4.79 Å². The molecule has 0 spiro atoms. The minimum atomic E-state index is -0.520. The molecule has 0 heterocycles. The number of non-ortho nitro benzene ring substituents is 1. The van der Waals surface area contributed by atoms with Gasteiger partial charge in [0.2, 0.25) is 5.91 Å². The zero-order chi connectivity index (χ0) is 18.4. The Hall–Kier alpha value is -2.93. The van der Waals surface area contributed by atoms with Crippen LogP contribution < -0.4 is 15.4 Å². The number of ether oxygens (including phenoxy) is 1. The third-order valence-electron chi connectivity index (χ3n) is 3.84. The van der Waals surface area contributed by atoms with Gasteiger partial charge in [0.25, 0.3) is 5.69 Å². The largest absolute Gasteiger partial charge is 0.495 e. The van der Waals surface area contributed by atoms with Gasteiger partial charge in [-0.25, -0.2) is 0 Å². The number of nitro groups is 1. The first-order valence-corrected chi connectivity index (χ1v) is 7.86. The smallest absolute Gasteiger partial charge is 0.271 e. The van der Waals surface area contributed by atoms with E-state index in [1.807, 2.05) is 37.3 Å². The number of hydrogen-bond acceptors (Lipinski definition) is 5. The maximum absolute atomic E-state index is 12.4. The lowest BCUT2D eigenvalue weighted by molar-refractivity contribution is -0.384. The molecule has 0 aromatic heterocycles. The number of hydrogen-bond donors (Lipinski definition) is 2. The summed E-state index contributed by atoms with van der Waals surface area (Å²) < 4.78 is 5.15. The topological polar surface area (TPSA) is 93.5 Å². The maximum Gasteiger partial charge on any atom is 0.271 e. The third-order valence-corrected chi connectivity index (χ3v) is 3.84. The van der Waals surface area contributed by atoms with Crippen molar-refractivity contribution in [3.63, 3.8) is 0 Å². The minimum absolute atomic E-state index is 0.0195. The molecular formula is C18H21N3O4. The van der Waals surface area contributed by atoms with Crippen molar-refractivity contribution in [1.82, 2.24) is 5.32 Å². The van der Waals surface area contributed by atoms with Gasteiger partial charge in [0.15, 0.2) is 0 Å². The molecule has 2 rings (SSSR count). The van der Waals surface area contributed by atoms with E-state index in [9.17, 15) is 14.9 Å². The molecule has 132 valence electrons. The van der Waals surface area contributed by atoms with E-state index in [1.165, 1.54) is 25.3 Å². The fraction of sp³-hybridized carbons (Fsp3) is 0.278. The Kier molecular flexibility index (Phi) is 6.08. The van der Waals surface area contributed by atoms with Crippen LogP contribution in [-0.4, -0.2) is 24.0 Å². The summed E-state index contributed by atoms with van der Waals surface area (Å²) in [4.78, 5) is 22.8. The Balaban J connectivity index is 2.08. The molecule has 0 aliphatic heterocycles. The number of anilines is 1. The van der Waals surface area contributed by atoms with Crippen molar-refractivity contribution < 1.29 is 14.5 Å². The molecule has 25 heavy (non-hydrogen) atoms. The third kappa shape index (κ3) is 4.77. The van der Waals surface area contributed by atoms with Gasteiger partial charge in [0, 0.05) is 18.2 Å². The predicted molar refractivity (Wildman–Crippen MR) is 95.7 cm³/mol. The van der Waals surface area contributed by atoms with Crippen LogP contribution in [0, 0.1) is 10.1 Å². The van der Waals surface area contributed by atoms with Crippen molar-refractivity contribution >= 4 is 17.3 Å². The number of benzene rings is 2. The van der Waals surface area contributed by atoms with E-state index in [0.717, 1.165) is 5.56 Å². The summed E-state index contributed by atoms with van der Waals surface area (Å²) in [7, 11) is 1.44. The Bertz CT molecular complexity index is 749. The standard InChI is InChI=1S/C18H21N3O4/c1-12(14-7-5-4-6-8-14)19-13(2)18(22)20-16-11-15(21(23)24)9-10-17(16)25-3/h4-13,19H,1-3H3,(H,20,22)/t12-,13-/m0/s1. The summed E-state index contributed by atoms with van der Waals surface area (Å²) in [6.07, 6.45) is 0. The lowest BCUT2D eigenvalue weighted by Crippen LogP contribution is -2.39. The van der Waals surface area contributed by atoms with E-state index in [-0.39, 0.29) is 23.3 Å². The zero-order valence-corrected chi connectivity index (χ0v) is 14.4. The average molecular weight is 343 g/mol. The van der Waals surface area contributed by atoms with Crippen LogP contribution in [0.15, 0.2) is 48.5 Å². The molecule has 0 aliphatic rings. The fourth-order valence-corrected chi connectivity index (χ4v) is 2.44. The highest BCUT2D eigenvalue weighted by Crippen LogP contribution is 2.29. The van der Waals surface area contributed by atoms with Crippen LogP contribution in [0.4, 0.5) is 11.4 Å². The fourth-order valence-electron chi connectivity index (χ4n) is 2.44. The van der Waals surface area contributed by atoms with E-state index in [2.05, 4.69) is 10.6 Å². The molecule has 0 unspecified atom stereocenters. The number of nitrogens with zero attached hydrogens (tertiary/aromatic N) is 1. The van der Waals surface area contributed by atoms with Crippen molar-refractivity contribution in [2.45, 2.75) is 25.9 Å². The van der Waals surface area contributed by atoms with Crippen LogP contribution in [0.2, 0.25) is 0 Å². The van der Waals surface area contributed by atoms with E-state index < -0.39 is 11.0 Å². The molecule has 0 aliphatic carbocycles. The molecule has 0 fully saturated rings. The number of amides is 1. The monoisotopic (exact) mass is 343 g/mol. The van der Waals surface area contributed by atoms with Gasteiger partial charge in [-0.1, -0.05) is 30.3 Å². The van der Waals surface area contributed by atoms with E-state index in [0.29, 0.717) is 5.75 Å². The summed E-state index contributed by atoms with van der Waals surface area (Å²) in [5.41, 5.74) is 1.21. The van der Waals surface area contributed by atoms with Crippen molar-refractivity contribution in [3.8, 4) is 5.75 Å². The van der Waals surface area contributed by atoms with Crippen LogP contribution in [0.25, 0.3) is 0 Å². The average Bonchev–Trinajstić information content (AvgIpc) is 2.62. The molecule has 0 bridgehead atoms. The molecule has 2 aromatic carbocycles. The van der Waals surface area contributed by atoms with Crippen molar-refractivity contribution in [3.05, 3.63) is 64.2 Å². The van der Waals surface area contributed by atoms with E-state index in [1.54, 1.807) is 6.92 Å². The van der Waals surface area contributed by atoms with Crippen LogP contribution >= 0.6 is 0 Å². The Morgan fingerprint density at radius 2 is 1.84 bits per heavy atom. The van der Waals surface area contributed by atoms with Crippen LogP contribution in [0.1, 0.15) is 25.5 Å². The van der Waals surface area contributed by atoms with E-state index >= 15 is 0 Å². The predicted octanol–water partition coefficient (Wildman–Crippen LogP) is 3.28. The zero-order valence-electron chi connectivity index (χ0n) is 14.4. The Morgan fingerprint density at radius 1 is 1.16 bits per heavy atom. The molecule has 7 heteroatoms. The number of rotatable bonds is 7. The normalized spacial score (nSPS) is 12.9.